The smallest absolute Gasteiger partial charge is 0.318 e. The quantitative estimate of drug-likeness (QED) is 0.674. The number of nitrogens with zero attached hydrogens (tertiary/aromatic N) is 5. The van der Waals surface area contributed by atoms with E-state index in [0.717, 1.165) is 18.3 Å². The number of anilines is 1. The number of hydrogen-bond donors (Lipinski definition) is 1. The Hall–Kier alpha value is -3.24. The first kappa shape index (κ1) is 17.6. The molecule has 3 aromatic rings. The molecule has 26 heavy (non-hydrogen) atoms. The van der Waals surface area contributed by atoms with E-state index in [1.54, 1.807) is 0 Å². The zero-order valence-electron chi connectivity index (χ0n) is 13.3. The number of nitrogens with one attached hydrogen (secondary N) is 1. The number of aromatic nitrogens is 5. The number of alkyl halides is 2. The lowest BCUT2D eigenvalue weighted by Gasteiger charge is -2.05. The summed E-state index contributed by atoms with van der Waals surface area (Å²) < 4.78 is 58.7. The molecule has 0 unspecified atom stereocenters. The molecule has 136 valence electrons. The number of benzene rings is 1. The number of ether oxygens (including phenoxy) is 1. The van der Waals surface area contributed by atoms with Crippen LogP contribution in [0.1, 0.15) is 17.7 Å². The standard InChI is InChI=1S/C15H12F4N6O/c1-20-14-12(17)5-21-15(22-14)26-7-8-6-25(24-23-8)9-2-3-11(16)10(4-9)13(18)19/h2-6,13H,7H2,1H3,(H,20,21,22). The second kappa shape index (κ2) is 7.33. The van der Waals surface area contributed by atoms with Gasteiger partial charge in [0.05, 0.1) is 23.6 Å². The van der Waals surface area contributed by atoms with Crippen LogP contribution in [0.3, 0.4) is 0 Å². The van der Waals surface area contributed by atoms with E-state index >= 15 is 0 Å². The SMILES string of the molecule is CNc1nc(OCc2cn(-c3ccc(F)c(C(F)F)c3)nn2)ncc1F. The van der Waals surface area contributed by atoms with E-state index in [2.05, 4.69) is 25.6 Å². The van der Waals surface area contributed by atoms with Gasteiger partial charge in [-0.3, -0.25) is 0 Å². The van der Waals surface area contributed by atoms with E-state index in [0.29, 0.717) is 5.69 Å². The predicted molar refractivity (Wildman–Crippen MR) is 82.1 cm³/mol. The number of hydrogen-bond acceptors (Lipinski definition) is 6. The lowest BCUT2D eigenvalue weighted by molar-refractivity contribution is 0.146. The van der Waals surface area contributed by atoms with E-state index in [1.807, 2.05) is 0 Å². The maximum absolute atomic E-state index is 13.3. The molecule has 3 rings (SSSR count). The van der Waals surface area contributed by atoms with Crippen molar-refractivity contribution in [2.45, 2.75) is 13.0 Å². The van der Waals surface area contributed by atoms with Crippen LogP contribution in [0, 0.1) is 11.6 Å². The highest BCUT2D eigenvalue weighted by molar-refractivity contribution is 5.37. The summed E-state index contributed by atoms with van der Waals surface area (Å²) in [7, 11) is 1.50. The molecule has 0 amide bonds. The summed E-state index contributed by atoms with van der Waals surface area (Å²) in [5.74, 6) is -1.65. The molecule has 0 saturated carbocycles. The van der Waals surface area contributed by atoms with Gasteiger partial charge in [-0.05, 0) is 18.2 Å². The average molecular weight is 368 g/mol. The van der Waals surface area contributed by atoms with Crippen molar-refractivity contribution in [2.75, 3.05) is 12.4 Å². The van der Waals surface area contributed by atoms with Crippen LogP contribution in [0.5, 0.6) is 6.01 Å². The van der Waals surface area contributed by atoms with E-state index in [9.17, 15) is 17.6 Å². The Balaban J connectivity index is 1.73. The molecule has 0 spiro atoms. The summed E-state index contributed by atoms with van der Waals surface area (Å²) in [4.78, 5) is 7.49. The van der Waals surface area contributed by atoms with Crippen molar-refractivity contribution in [1.82, 2.24) is 25.0 Å². The molecule has 0 aliphatic rings. The van der Waals surface area contributed by atoms with Crippen molar-refractivity contribution in [2.24, 2.45) is 0 Å². The zero-order valence-corrected chi connectivity index (χ0v) is 13.3. The van der Waals surface area contributed by atoms with Crippen LogP contribution in [-0.2, 0) is 6.61 Å². The molecule has 0 radical (unpaired) electrons. The Morgan fingerprint density at radius 3 is 2.77 bits per heavy atom. The summed E-state index contributed by atoms with van der Waals surface area (Å²) in [6.07, 6.45) is -0.571. The van der Waals surface area contributed by atoms with E-state index < -0.39 is 23.6 Å². The molecule has 2 aromatic heterocycles. The van der Waals surface area contributed by atoms with Gasteiger partial charge in [0.25, 0.3) is 6.43 Å². The van der Waals surface area contributed by atoms with Crippen molar-refractivity contribution in [3.8, 4) is 11.7 Å². The summed E-state index contributed by atoms with van der Waals surface area (Å²) in [6.45, 7) is -0.0856. The summed E-state index contributed by atoms with van der Waals surface area (Å²) >= 11 is 0. The van der Waals surface area contributed by atoms with Crippen LogP contribution in [0.2, 0.25) is 0 Å². The zero-order chi connectivity index (χ0) is 18.7. The Bertz CT molecular complexity index is 917. The lowest BCUT2D eigenvalue weighted by atomic mass is 10.2. The Morgan fingerprint density at radius 2 is 2.04 bits per heavy atom. The van der Waals surface area contributed by atoms with Crippen molar-refractivity contribution >= 4 is 5.82 Å². The van der Waals surface area contributed by atoms with Crippen LogP contribution in [0.4, 0.5) is 23.4 Å². The molecule has 0 aliphatic carbocycles. The summed E-state index contributed by atoms with van der Waals surface area (Å²) in [5, 5.41) is 10.2. The van der Waals surface area contributed by atoms with Crippen molar-refractivity contribution < 1.29 is 22.3 Å². The number of rotatable bonds is 6. The molecule has 0 saturated heterocycles. The molecular weight excluding hydrogens is 356 g/mol. The average Bonchev–Trinajstić information content (AvgIpc) is 3.10. The van der Waals surface area contributed by atoms with Gasteiger partial charge in [-0.25, -0.2) is 27.2 Å². The first-order valence-electron chi connectivity index (χ1n) is 7.30. The summed E-state index contributed by atoms with van der Waals surface area (Å²) in [6, 6.07) is 3.14. The maximum atomic E-state index is 13.3. The molecule has 1 aromatic carbocycles. The minimum atomic E-state index is -2.95. The summed E-state index contributed by atoms with van der Waals surface area (Å²) in [5.41, 5.74) is -0.169. The maximum Gasteiger partial charge on any atom is 0.318 e. The van der Waals surface area contributed by atoms with E-state index in [1.165, 1.54) is 24.0 Å². The largest absolute Gasteiger partial charge is 0.457 e. The fraction of sp³-hybridized carbons (Fsp3) is 0.200. The van der Waals surface area contributed by atoms with Crippen LogP contribution in [0.25, 0.3) is 5.69 Å². The highest BCUT2D eigenvalue weighted by atomic mass is 19.3. The molecule has 7 nitrogen and oxygen atoms in total. The molecule has 11 heteroatoms. The third-order valence-electron chi connectivity index (χ3n) is 3.33. The van der Waals surface area contributed by atoms with Gasteiger partial charge in [0.1, 0.15) is 18.1 Å². The third-order valence-corrected chi connectivity index (χ3v) is 3.33. The van der Waals surface area contributed by atoms with Crippen molar-refractivity contribution in [1.29, 1.82) is 0 Å². The van der Waals surface area contributed by atoms with Gasteiger partial charge in [0.2, 0.25) is 0 Å². The third kappa shape index (κ3) is 3.71. The second-order valence-electron chi connectivity index (χ2n) is 5.05. The highest BCUT2D eigenvalue weighted by Crippen LogP contribution is 2.24. The highest BCUT2D eigenvalue weighted by Gasteiger charge is 2.15. The van der Waals surface area contributed by atoms with Crippen LogP contribution in [-0.4, -0.2) is 32.0 Å². The minimum Gasteiger partial charge on any atom is -0.457 e. The first-order chi connectivity index (χ1) is 12.5. The molecule has 0 aliphatic heterocycles. The fourth-order valence-electron chi connectivity index (χ4n) is 2.07. The van der Waals surface area contributed by atoms with Crippen molar-refractivity contribution in [3.63, 3.8) is 0 Å². The van der Waals surface area contributed by atoms with Gasteiger partial charge in [-0.15, -0.1) is 5.10 Å². The monoisotopic (exact) mass is 368 g/mol. The van der Waals surface area contributed by atoms with Crippen LogP contribution < -0.4 is 10.1 Å². The van der Waals surface area contributed by atoms with Crippen molar-refractivity contribution in [3.05, 3.63) is 53.5 Å². The van der Waals surface area contributed by atoms with E-state index in [-0.39, 0.29) is 24.1 Å². The molecule has 2 heterocycles. The normalized spacial score (nSPS) is 11.0. The van der Waals surface area contributed by atoms with Gasteiger partial charge < -0.3 is 10.1 Å². The minimum absolute atomic E-state index is 0.0236. The molecule has 1 N–H and O–H groups in total. The Kier molecular flexibility index (Phi) is 4.96. The molecule has 0 fully saturated rings. The van der Waals surface area contributed by atoms with Gasteiger partial charge in [0.15, 0.2) is 11.6 Å². The van der Waals surface area contributed by atoms with Gasteiger partial charge >= 0.3 is 6.01 Å². The first-order valence-corrected chi connectivity index (χ1v) is 7.30. The molecule has 0 bridgehead atoms. The lowest BCUT2D eigenvalue weighted by Crippen LogP contribution is -2.04. The van der Waals surface area contributed by atoms with Gasteiger partial charge in [-0.1, -0.05) is 5.21 Å². The topological polar surface area (TPSA) is 77.8 Å². The van der Waals surface area contributed by atoms with E-state index in [4.69, 9.17) is 4.74 Å². The fourth-order valence-corrected chi connectivity index (χ4v) is 2.07. The Labute approximate surface area is 144 Å². The second-order valence-corrected chi connectivity index (χ2v) is 5.05. The van der Waals surface area contributed by atoms with Gasteiger partial charge in [0, 0.05) is 7.05 Å². The number of halogens is 4. The Morgan fingerprint density at radius 1 is 1.23 bits per heavy atom. The van der Waals surface area contributed by atoms with Crippen LogP contribution in [0.15, 0.2) is 30.6 Å². The predicted octanol–water partition coefficient (Wildman–Crippen LogP) is 2.89. The molecular formula is C15H12F4N6O. The van der Waals surface area contributed by atoms with Crippen LogP contribution >= 0.6 is 0 Å². The van der Waals surface area contributed by atoms with Gasteiger partial charge in [-0.2, -0.15) is 4.98 Å². The molecule has 0 atom stereocenters.